The van der Waals surface area contributed by atoms with Crippen molar-refractivity contribution in [2.45, 2.75) is 18.9 Å². The van der Waals surface area contributed by atoms with Crippen LogP contribution in [0.3, 0.4) is 0 Å². The summed E-state index contributed by atoms with van der Waals surface area (Å²) in [5, 5.41) is 21.5. The zero-order chi connectivity index (χ0) is 25.4. The van der Waals surface area contributed by atoms with Crippen LogP contribution in [0.4, 0.5) is 17.5 Å². The maximum absolute atomic E-state index is 12.5. The lowest BCUT2D eigenvalue weighted by Crippen LogP contribution is -2.44. The number of nitrogens with one attached hydrogen (secondary N) is 4. The normalized spacial score (nSPS) is 24.0. The Labute approximate surface area is 215 Å². The van der Waals surface area contributed by atoms with Crippen molar-refractivity contribution in [2.75, 3.05) is 49.7 Å². The molecule has 3 aliphatic heterocycles. The molecule has 0 saturated carbocycles. The molecular formula is C27H31N7O3. The highest BCUT2D eigenvalue weighted by atomic mass is 16.5. The smallest absolute Gasteiger partial charge is 0.224 e. The highest BCUT2D eigenvalue weighted by Crippen LogP contribution is 2.39. The quantitative estimate of drug-likeness (QED) is 0.367. The Bertz CT molecular complexity index is 1270. The van der Waals surface area contributed by atoms with Crippen LogP contribution in [0.25, 0.3) is 11.1 Å². The van der Waals surface area contributed by atoms with Gasteiger partial charge < -0.3 is 30.4 Å². The first kappa shape index (κ1) is 23.6. The second-order valence-electron chi connectivity index (χ2n) is 9.94. The van der Waals surface area contributed by atoms with Gasteiger partial charge in [0.05, 0.1) is 44.6 Å². The van der Waals surface area contributed by atoms with E-state index in [2.05, 4.69) is 63.0 Å². The first-order valence-electron chi connectivity index (χ1n) is 12.7. The van der Waals surface area contributed by atoms with Crippen LogP contribution in [0.2, 0.25) is 0 Å². The van der Waals surface area contributed by atoms with Crippen molar-refractivity contribution < 1.29 is 14.3 Å². The van der Waals surface area contributed by atoms with E-state index in [1.807, 2.05) is 6.07 Å². The largest absolute Gasteiger partial charge is 0.381 e. The fraction of sp³-hybridized carbons (Fsp3) is 0.407. The zero-order valence-electron chi connectivity index (χ0n) is 20.7. The van der Waals surface area contributed by atoms with Gasteiger partial charge in [-0.3, -0.25) is 9.89 Å². The molecule has 37 heavy (non-hydrogen) atoms. The maximum Gasteiger partial charge on any atom is 0.224 e. The van der Waals surface area contributed by atoms with Gasteiger partial charge in [-0.25, -0.2) is 4.98 Å². The molecule has 2 aromatic heterocycles. The van der Waals surface area contributed by atoms with Gasteiger partial charge in [-0.1, -0.05) is 24.3 Å². The molecular weight excluding hydrogens is 470 g/mol. The third kappa shape index (κ3) is 4.47. The average molecular weight is 502 g/mol. The van der Waals surface area contributed by atoms with E-state index in [1.165, 1.54) is 6.21 Å². The zero-order valence-corrected chi connectivity index (χ0v) is 20.7. The third-order valence-corrected chi connectivity index (χ3v) is 7.66. The number of morpholine rings is 1. The number of hydrogen-bond acceptors (Lipinski definition) is 8. The number of nitrogens with zero attached hydrogens (tertiary/aromatic N) is 3. The van der Waals surface area contributed by atoms with Gasteiger partial charge in [0.25, 0.3) is 0 Å². The Morgan fingerprint density at radius 2 is 2.00 bits per heavy atom. The molecule has 4 N–H and O–H groups in total. The van der Waals surface area contributed by atoms with Crippen LogP contribution in [0.15, 0.2) is 42.6 Å². The number of ether oxygens (including phenoxy) is 2. The Hall–Kier alpha value is -3.76. The van der Waals surface area contributed by atoms with Crippen LogP contribution < -0.4 is 15.5 Å². The van der Waals surface area contributed by atoms with Crippen LogP contribution in [-0.4, -0.2) is 72.9 Å². The first-order chi connectivity index (χ1) is 18.1. The number of H-pyrrole nitrogens is 1. The Morgan fingerprint density at radius 1 is 1.16 bits per heavy atom. The molecule has 1 amide bonds. The number of hydrogen-bond donors (Lipinski definition) is 4. The SMILES string of the molecule is C[C@@H]1COCCN1c1cc(-c2ccc(C3CNC(=O)C3C3COC3)cc2)c(C=N)c(Nc2ccn[nH]2)n1. The lowest BCUT2D eigenvalue weighted by atomic mass is 9.78. The van der Waals surface area contributed by atoms with E-state index in [0.717, 1.165) is 29.1 Å². The van der Waals surface area contributed by atoms with Crippen molar-refractivity contribution in [3.63, 3.8) is 0 Å². The molecule has 2 unspecified atom stereocenters. The van der Waals surface area contributed by atoms with Crippen molar-refractivity contribution in [3.05, 3.63) is 53.7 Å². The summed E-state index contributed by atoms with van der Waals surface area (Å²) >= 11 is 0. The number of anilines is 3. The molecule has 1 aromatic carbocycles. The molecule has 3 saturated heterocycles. The minimum Gasteiger partial charge on any atom is -0.381 e. The molecule has 192 valence electrons. The van der Waals surface area contributed by atoms with Crippen molar-refractivity contribution in [2.24, 2.45) is 11.8 Å². The van der Waals surface area contributed by atoms with Gasteiger partial charge in [-0.15, -0.1) is 0 Å². The summed E-state index contributed by atoms with van der Waals surface area (Å²) in [7, 11) is 0. The topological polar surface area (TPSA) is 128 Å². The molecule has 0 aliphatic carbocycles. The minimum absolute atomic E-state index is 0.0442. The fourth-order valence-corrected chi connectivity index (χ4v) is 5.57. The number of carbonyl (C=O) groups is 1. The fourth-order valence-electron chi connectivity index (χ4n) is 5.57. The third-order valence-electron chi connectivity index (χ3n) is 7.66. The number of aromatic amines is 1. The summed E-state index contributed by atoms with van der Waals surface area (Å²) in [6, 6.07) is 12.5. The van der Waals surface area contributed by atoms with Crippen LogP contribution in [0, 0.1) is 17.2 Å². The molecule has 0 spiro atoms. The van der Waals surface area contributed by atoms with Gasteiger partial charge in [0.1, 0.15) is 17.5 Å². The maximum atomic E-state index is 12.5. The number of rotatable bonds is 7. The van der Waals surface area contributed by atoms with Gasteiger partial charge in [-0.2, -0.15) is 5.10 Å². The number of benzene rings is 1. The van der Waals surface area contributed by atoms with Gasteiger partial charge in [0, 0.05) is 42.8 Å². The molecule has 0 radical (unpaired) electrons. The molecule has 6 rings (SSSR count). The first-order valence-corrected chi connectivity index (χ1v) is 12.7. The van der Waals surface area contributed by atoms with Crippen molar-refractivity contribution in [3.8, 4) is 11.1 Å². The van der Waals surface area contributed by atoms with Crippen LogP contribution in [0.5, 0.6) is 0 Å². The summed E-state index contributed by atoms with van der Waals surface area (Å²) in [5.74, 6) is 2.62. The highest BCUT2D eigenvalue weighted by Gasteiger charge is 2.43. The summed E-state index contributed by atoms with van der Waals surface area (Å²) in [5.41, 5.74) is 3.73. The van der Waals surface area contributed by atoms with Gasteiger partial charge in [0.2, 0.25) is 5.91 Å². The lowest BCUT2D eigenvalue weighted by molar-refractivity contribution is -0.131. The van der Waals surface area contributed by atoms with Gasteiger partial charge >= 0.3 is 0 Å². The molecule has 3 aromatic rings. The second kappa shape index (κ2) is 9.95. The molecule has 10 heteroatoms. The average Bonchev–Trinajstić information content (AvgIpc) is 3.53. The number of pyridine rings is 1. The highest BCUT2D eigenvalue weighted by molar-refractivity contribution is 5.96. The number of aromatic nitrogens is 3. The van der Waals surface area contributed by atoms with E-state index >= 15 is 0 Å². The summed E-state index contributed by atoms with van der Waals surface area (Å²) in [6.07, 6.45) is 3.01. The van der Waals surface area contributed by atoms with Crippen LogP contribution in [0.1, 0.15) is 24.0 Å². The van der Waals surface area contributed by atoms with E-state index in [0.29, 0.717) is 50.2 Å². The summed E-state index contributed by atoms with van der Waals surface area (Å²) in [6.45, 7) is 6.12. The van der Waals surface area contributed by atoms with Crippen molar-refractivity contribution in [1.82, 2.24) is 20.5 Å². The molecule has 10 nitrogen and oxygen atoms in total. The van der Waals surface area contributed by atoms with Crippen molar-refractivity contribution in [1.29, 1.82) is 5.41 Å². The second-order valence-corrected chi connectivity index (χ2v) is 9.94. The van der Waals surface area contributed by atoms with Crippen molar-refractivity contribution >= 4 is 29.6 Å². The van der Waals surface area contributed by atoms with Crippen LogP contribution in [-0.2, 0) is 14.3 Å². The number of carbonyl (C=O) groups excluding carboxylic acids is 1. The van der Waals surface area contributed by atoms with E-state index in [1.54, 1.807) is 6.20 Å². The van der Waals surface area contributed by atoms with E-state index in [4.69, 9.17) is 19.9 Å². The molecule has 3 atom stereocenters. The van der Waals surface area contributed by atoms with Crippen LogP contribution >= 0.6 is 0 Å². The lowest BCUT2D eigenvalue weighted by Gasteiger charge is -2.35. The standard InChI is InChI=1S/C27H31N7O3/c1-16-13-36-9-8-34(16)24-10-20(21(11-28)26(32-24)31-23-6-7-30-33-23)17-2-4-18(5-3-17)22-12-29-27(35)25(22)19-14-37-15-19/h2-7,10-11,16,19,22,25,28H,8-9,12-15H2,1H3,(H,29,35)(H2,30,31,32,33)/t16-,22?,25?/m1/s1. The number of amides is 1. The van der Waals surface area contributed by atoms with Gasteiger partial charge in [-0.05, 0) is 29.7 Å². The summed E-state index contributed by atoms with van der Waals surface area (Å²) < 4.78 is 11.0. The predicted molar refractivity (Wildman–Crippen MR) is 141 cm³/mol. The molecule has 3 fully saturated rings. The molecule has 5 heterocycles. The Balaban J connectivity index is 1.37. The Kier molecular flexibility index (Phi) is 6.35. The molecule has 0 bridgehead atoms. The van der Waals surface area contributed by atoms with E-state index in [-0.39, 0.29) is 29.7 Å². The Morgan fingerprint density at radius 3 is 2.68 bits per heavy atom. The predicted octanol–water partition coefficient (Wildman–Crippen LogP) is 2.91. The monoisotopic (exact) mass is 501 g/mol. The van der Waals surface area contributed by atoms with E-state index in [9.17, 15) is 4.79 Å². The van der Waals surface area contributed by atoms with E-state index < -0.39 is 0 Å². The molecule has 3 aliphatic rings. The summed E-state index contributed by atoms with van der Waals surface area (Å²) in [4.78, 5) is 19.7. The van der Waals surface area contributed by atoms with Gasteiger partial charge in [0.15, 0.2) is 0 Å². The minimum atomic E-state index is -0.0442.